The Morgan fingerprint density at radius 3 is 0.865 bits per heavy atom. The van der Waals surface area contributed by atoms with Gasteiger partial charge in [-0.2, -0.15) is 0 Å². The summed E-state index contributed by atoms with van der Waals surface area (Å²) in [6, 6.07) is 0. The molecule has 8 nitrogen and oxygen atoms in total. The Morgan fingerprint density at radius 1 is 0.365 bits per heavy atom. The maximum absolute atomic E-state index is 12.5. The Labute approximate surface area is 323 Å². The van der Waals surface area contributed by atoms with Crippen molar-refractivity contribution in [3.05, 3.63) is 0 Å². The van der Waals surface area contributed by atoms with Gasteiger partial charge in [-0.15, -0.1) is 0 Å². The zero-order valence-electron chi connectivity index (χ0n) is 34.9. The molecule has 0 saturated heterocycles. The Morgan fingerprint density at radius 2 is 0.615 bits per heavy atom. The number of nitrogens with zero attached hydrogens (tertiary/aromatic N) is 2. The summed E-state index contributed by atoms with van der Waals surface area (Å²) in [5.74, 6) is 0.139. The summed E-state index contributed by atoms with van der Waals surface area (Å²) >= 11 is 0. The maximum atomic E-state index is 12.5. The topological polar surface area (TPSA) is 105 Å². The van der Waals surface area contributed by atoms with Crippen molar-refractivity contribution in [3.63, 3.8) is 0 Å². The third-order valence-electron chi connectivity index (χ3n) is 10.6. The van der Waals surface area contributed by atoms with Gasteiger partial charge in [-0.3, -0.25) is 19.4 Å². The highest BCUT2D eigenvalue weighted by Crippen LogP contribution is 2.14. The van der Waals surface area contributed by atoms with Gasteiger partial charge in [0.25, 0.3) is 0 Å². The molecule has 0 atom stereocenters. The summed E-state index contributed by atoms with van der Waals surface area (Å²) in [6.45, 7) is 9.71. The highest BCUT2D eigenvalue weighted by Gasteiger charge is 2.12. The first-order valence-corrected chi connectivity index (χ1v) is 22.8. The minimum Gasteiger partial charge on any atom is -0.395 e. The van der Waals surface area contributed by atoms with E-state index in [1.807, 2.05) is 0 Å². The number of hydrogen-bond acceptors (Lipinski definition) is 6. The van der Waals surface area contributed by atoms with Gasteiger partial charge >= 0.3 is 0 Å². The first-order chi connectivity index (χ1) is 25.6. The number of amides is 2. The number of carbonyl (C=O) groups is 2. The van der Waals surface area contributed by atoms with Crippen LogP contribution in [0.2, 0.25) is 0 Å². The van der Waals surface area contributed by atoms with Gasteiger partial charge in [0.05, 0.1) is 13.2 Å². The molecule has 0 rings (SSSR count). The fourth-order valence-electron chi connectivity index (χ4n) is 7.03. The smallest absolute Gasteiger partial charge is 0.221 e. The number of aliphatic hydroxyl groups excluding tert-OH is 2. The van der Waals surface area contributed by atoms with E-state index >= 15 is 0 Å². The average Bonchev–Trinajstić information content (AvgIpc) is 3.14. The molecular formula is C44H90N4O4. The third kappa shape index (κ3) is 38.5. The molecule has 0 spiro atoms. The van der Waals surface area contributed by atoms with Crippen molar-refractivity contribution in [3.8, 4) is 0 Å². The molecule has 0 fully saturated rings. The van der Waals surface area contributed by atoms with Gasteiger partial charge in [-0.1, -0.05) is 181 Å². The second kappa shape index (κ2) is 42.5. The summed E-state index contributed by atoms with van der Waals surface area (Å²) in [5.41, 5.74) is 0. The van der Waals surface area contributed by atoms with E-state index in [4.69, 9.17) is 0 Å². The van der Waals surface area contributed by atoms with E-state index in [-0.39, 0.29) is 25.0 Å². The molecule has 0 aromatic rings. The number of aliphatic hydroxyl groups is 2. The van der Waals surface area contributed by atoms with Crippen LogP contribution < -0.4 is 10.6 Å². The summed E-state index contributed by atoms with van der Waals surface area (Å²) in [5, 5.41) is 25.3. The molecular weight excluding hydrogens is 649 g/mol. The standard InChI is InChI=1S/C44H90N4O4/c1-3-5-7-9-11-13-15-17-19-21-23-25-27-29-33-45-43(51)31-35-47(39-41-49)37-38-48(40-42-50)36-32-44(52)46-34-30-28-26-24-22-20-18-16-14-12-10-8-6-4-2/h49-50H,3-42H2,1-2H3,(H,45,51)(H,46,52). The van der Waals surface area contributed by atoms with Crippen LogP contribution in [-0.2, 0) is 9.59 Å². The first kappa shape index (κ1) is 50.8. The van der Waals surface area contributed by atoms with Crippen LogP contribution in [0.5, 0.6) is 0 Å². The second-order valence-corrected chi connectivity index (χ2v) is 15.5. The molecule has 310 valence electrons. The van der Waals surface area contributed by atoms with Crippen molar-refractivity contribution in [2.45, 2.75) is 206 Å². The fourth-order valence-corrected chi connectivity index (χ4v) is 7.03. The van der Waals surface area contributed by atoms with E-state index in [0.29, 0.717) is 52.1 Å². The van der Waals surface area contributed by atoms with E-state index < -0.39 is 0 Å². The Bertz CT molecular complexity index is 681. The van der Waals surface area contributed by atoms with E-state index in [0.717, 1.165) is 25.9 Å². The van der Waals surface area contributed by atoms with Crippen LogP contribution in [0.3, 0.4) is 0 Å². The van der Waals surface area contributed by atoms with Crippen molar-refractivity contribution >= 4 is 11.8 Å². The maximum Gasteiger partial charge on any atom is 0.221 e. The highest BCUT2D eigenvalue weighted by atomic mass is 16.3. The van der Waals surface area contributed by atoms with Gasteiger partial charge in [0.1, 0.15) is 0 Å². The second-order valence-electron chi connectivity index (χ2n) is 15.5. The molecule has 0 aliphatic heterocycles. The van der Waals surface area contributed by atoms with Crippen LogP contribution in [0.15, 0.2) is 0 Å². The Kier molecular flexibility index (Phi) is 41.5. The Hall–Kier alpha value is -1.22. The average molecular weight is 739 g/mol. The van der Waals surface area contributed by atoms with E-state index in [9.17, 15) is 19.8 Å². The molecule has 0 radical (unpaired) electrons. The van der Waals surface area contributed by atoms with Crippen molar-refractivity contribution in [1.82, 2.24) is 20.4 Å². The predicted molar refractivity (Wildman–Crippen MR) is 223 cm³/mol. The molecule has 0 unspecified atom stereocenters. The van der Waals surface area contributed by atoms with Crippen LogP contribution in [0.4, 0.5) is 0 Å². The minimum atomic E-state index is 0.0440. The molecule has 4 N–H and O–H groups in total. The minimum absolute atomic E-state index is 0.0440. The van der Waals surface area contributed by atoms with E-state index in [1.54, 1.807) is 0 Å². The molecule has 8 heteroatoms. The van der Waals surface area contributed by atoms with Gasteiger partial charge in [-0.25, -0.2) is 0 Å². The number of hydrogen-bond donors (Lipinski definition) is 4. The summed E-state index contributed by atoms with van der Waals surface area (Å²) in [6.07, 6.45) is 38.0. The third-order valence-corrected chi connectivity index (χ3v) is 10.6. The van der Waals surface area contributed by atoms with Gasteiger partial charge in [0, 0.05) is 65.2 Å². The molecule has 0 bridgehead atoms. The van der Waals surface area contributed by atoms with Crippen molar-refractivity contribution in [2.75, 3.05) is 65.6 Å². The van der Waals surface area contributed by atoms with Gasteiger partial charge in [-0.05, 0) is 12.8 Å². The van der Waals surface area contributed by atoms with E-state index in [1.165, 1.54) is 167 Å². The van der Waals surface area contributed by atoms with Crippen LogP contribution in [-0.4, -0.2) is 97.4 Å². The molecule has 0 aromatic heterocycles. The van der Waals surface area contributed by atoms with E-state index in [2.05, 4.69) is 34.3 Å². The van der Waals surface area contributed by atoms with Crippen molar-refractivity contribution < 1.29 is 19.8 Å². The first-order valence-electron chi connectivity index (χ1n) is 22.8. The highest BCUT2D eigenvalue weighted by molar-refractivity contribution is 5.76. The number of rotatable bonds is 43. The lowest BCUT2D eigenvalue weighted by Crippen LogP contribution is -2.40. The summed E-state index contributed by atoms with van der Waals surface area (Å²) in [7, 11) is 0. The molecule has 0 aliphatic carbocycles. The normalized spacial score (nSPS) is 11.6. The molecule has 0 aliphatic rings. The van der Waals surface area contributed by atoms with Gasteiger partial charge in [0.15, 0.2) is 0 Å². The summed E-state index contributed by atoms with van der Waals surface area (Å²) < 4.78 is 0. The zero-order chi connectivity index (χ0) is 38.0. The molecule has 0 saturated carbocycles. The lowest BCUT2D eigenvalue weighted by Gasteiger charge is -2.26. The van der Waals surface area contributed by atoms with Crippen LogP contribution >= 0.6 is 0 Å². The predicted octanol–water partition coefficient (Wildman–Crippen LogP) is 9.55. The largest absolute Gasteiger partial charge is 0.395 e. The van der Waals surface area contributed by atoms with Gasteiger partial charge in [0.2, 0.25) is 11.8 Å². The lowest BCUT2D eigenvalue weighted by molar-refractivity contribution is -0.122. The summed E-state index contributed by atoms with van der Waals surface area (Å²) in [4.78, 5) is 29.1. The van der Waals surface area contributed by atoms with Crippen molar-refractivity contribution in [1.29, 1.82) is 0 Å². The number of unbranched alkanes of at least 4 members (excludes halogenated alkanes) is 26. The lowest BCUT2D eigenvalue weighted by atomic mass is 10.0. The quantitative estimate of drug-likeness (QED) is 0.0465. The Balaban J connectivity index is 3.86. The van der Waals surface area contributed by atoms with Crippen molar-refractivity contribution in [2.24, 2.45) is 0 Å². The monoisotopic (exact) mass is 739 g/mol. The fraction of sp³-hybridized carbons (Fsp3) is 0.955. The zero-order valence-corrected chi connectivity index (χ0v) is 34.9. The van der Waals surface area contributed by atoms with Crippen LogP contribution in [0, 0.1) is 0 Å². The molecule has 0 aromatic carbocycles. The van der Waals surface area contributed by atoms with Gasteiger partial charge < -0.3 is 20.8 Å². The SMILES string of the molecule is CCCCCCCCCCCCCCCCNC(=O)CCN(CCO)CCN(CCO)CCC(=O)NCCCCCCCCCCCCCCCC. The van der Waals surface area contributed by atoms with Crippen LogP contribution in [0.25, 0.3) is 0 Å². The number of carbonyl (C=O) groups excluding carboxylic acids is 2. The molecule has 0 heterocycles. The molecule has 52 heavy (non-hydrogen) atoms. The molecule has 2 amide bonds. The number of nitrogens with one attached hydrogen (secondary N) is 2. The van der Waals surface area contributed by atoms with Crippen LogP contribution in [0.1, 0.15) is 206 Å².